The van der Waals surface area contributed by atoms with Crippen molar-refractivity contribution in [2.75, 3.05) is 11.9 Å². The van der Waals surface area contributed by atoms with Gasteiger partial charge in [0.2, 0.25) is 0 Å². The van der Waals surface area contributed by atoms with Crippen molar-refractivity contribution < 1.29 is 10.0 Å². The van der Waals surface area contributed by atoms with E-state index in [1.54, 1.807) is 6.07 Å². The Bertz CT molecular complexity index is 434. The van der Waals surface area contributed by atoms with E-state index in [-0.39, 0.29) is 22.8 Å². The van der Waals surface area contributed by atoms with E-state index in [4.69, 9.17) is 5.11 Å². The van der Waals surface area contributed by atoms with E-state index in [9.17, 15) is 10.1 Å². The second-order valence-electron chi connectivity index (χ2n) is 4.74. The minimum atomic E-state index is -0.385. The molecule has 1 atom stereocenters. The van der Waals surface area contributed by atoms with Gasteiger partial charge in [0.1, 0.15) is 5.69 Å². The van der Waals surface area contributed by atoms with Crippen molar-refractivity contribution in [3.8, 4) is 0 Å². The molecule has 0 aromatic heterocycles. The zero-order valence-electron chi connectivity index (χ0n) is 11.1. The number of para-hydroxylation sites is 1. The van der Waals surface area contributed by atoms with Gasteiger partial charge < -0.3 is 10.4 Å². The predicted octanol–water partition coefficient (Wildman–Crippen LogP) is 2.87. The molecule has 0 bridgehead atoms. The quantitative estimate of drug-likeness (QED) is 0.603. The summed E-state index contributed by atoms with van der Waals surface area (Å²) < 4.78 is 0. The number of aliphatic hydroxyl groups is 1. The predicted molar refractivity (Wildman–Crippen MR) is 71.9 cm³/mol. The van der Waals surface area contributed by atoms with E-state index in [2.05, 4.69) is 5.32 Å². The number of hydrogen-bond acceptors (Lipinski definition) is 4. The van der Waals surface area contributed by atoms with Crippen LogP contribution >= 0.6 is 0 Å². The summed E-state index contributed by atoms with van der Waals surface area (Å²) in [6.07, 6.45) is 1.33. The van der Waals surface area contributed by atoms with E-state index in [0.717, 1.165) is 12.0 Å². The first-order chi connectivity index (χ1) is 8.43. The highest BCUT2D eigenvalue weighted by Gasteiger charge is 2.25. The molecule has 100 valence electrons. The fraction of sp³-hybridized carbons (Fsp3) is 0.538. The molecule has 0 aliphatic heterocycles. The highest BCUT2D eigenvalue weighted by Crippen LogP contribution is 2.32. The SMILES string of the molecule is CCC(C)(CCO)Nc1c(C)cccc1[N+](=O)[O-]. The van der Waals surface area contributed by atoms with Crippen LogP contribution in [-0.2, 0) is 0 Å². The van der Waals surface area contributed by atoms with Crippen molar-refractivity contribution in [3.63, 3.8) is 0 Å². The summed E-state index contributed by atoms with van der Waals surface area (Å²) in [4.78, 5) is 10.6. The van der Waals surface area contributed by atoms with Crippen LogP contribution in [0, 0.1) is 17.0 Å². The van der Waals surface area contributed by atoms with Crippen molar-refractivity contribution in [1.82, 2.24) is 0 Å². The molecule has 0 aliphatic rings. The van der Waals surface area contributed by atoms with Gasteiger partial charge in [-0.3, -0.25) is 10.1 Å². The Balaban J connectivity index is 3.13. The minimum Gasteiger partial charge on any atom is -0.396 e. The van der Waals surface area contributed by atoms with Crippen LogP contribution < -0.4 is 5.32 Å². The topological polar surface area (TPSA) is 75.4 Å². The maximum Gasteiger partial charge on any atom is 0.292 e. The van der Waals surface area contributed by atoms with E-state index >= 15 is 0 Å². The van der Waals surface area contributed by atoms with Gasteiger partial charge in [0.15, 0.2) is 0 Å². The highest BCUT2D eigenvalue weighted by atomic mass is 16.6. The van der Waals surface area contributed by atoms with Crippen molar-refractivity contribution in [1.29, 1.82) is 0 Å². The third-order valence-corrected chi connectivity index (χ3v) is 3.32. The molecule has 0 fully saturated rings. The first kappa shape index (κ1) is 14.4. The number of aryl methyl sites for hydroxylation is 1. The molecule has 5 heteroatoms. The third kappa shape index (κ3) is 3.20. The molecule has 0 radical (unpaired) electrons. The lowest BCUT2D eigenvalue weighted by molar-refractivity contribution is -0.384. The van der Waals surface area contributed by atoms with Crippen LogP contribution in [-0.4, -0.2) is 22.2 Å². The third-order valence-electron chi connectivity index (χ3n) is 3.32. The number of hydrogen-bond donors (Lipinski definition) is 2. The number of rotatable bonds is 6. The number of benzene rings is 1. The molecule has 0 saturated carbocycles. The number of anilines is 1. The average molecular weight is 252 g/mol. The lowest BCUT2D eigenvalue weighted by atomic mass is 9.93. The summed E-state index contributed by atoms with van der Waals surface area (Å²) in [6.45, 7) is 5.84. The Morgan fingerprint density at radius 3 is 2.67 bits per heavy atom. The normalized spacial score (nSPS) is 14.0. The maximum absolute atomic E-state index is 11.0. The molecule has 2 N–H and O–H groups in total. The molecule has 0 heterocycles. The zero-order valence-corrected chi connectivity index (χ0v) is 11.1. The summed E-state index contributed by atoms with van der Waals surface area (Å²) in [5.74, 6) is 0. The van der Waals surface area contributed by atoms with Crippen LogP contribution in [0.2, 0.25) is 0 Å². The van der Waals surface area contributed by atoms with Gasteiger partial charge in [-0.1, -0.05) is 19.1 Å². The number of nitrogens with zero attached hydrogens (tertiary/aromatic N) is 1. The number of nitrogens with one attached hydrogen (secondary N) is 1. The molecule has 0 amide bonds. The Hall–Kier alpha value is -1.62. The van der Waals surface area contributed by atoms with Gasteiger partial charge in [0.05, 0.1) is 4.92 Å². The van der Waals surface area contributed by atoms with E-state index in [0.29, 0.717) is 12.1 Å². The van der Waals surface area contributed by atoms with Crippen LogP contribution in [0.15, 0.2) is 18.2 Å². The largest absolute Gasteiger partial charge is 0.396 e. The fourth-order valence-electron chi connectivity index (χ4n) is 1.84. The molecule has 18 heavy (non-hydrogen) atoms. The smallest absolute Gasteiger partial charge is 0.292 e. The summed E-state index contributed by atoms with van der Waals surface area (Å²) >= 11 is 0. The molecule has 1 aromatic rings. The lowest BCUT2D eigenvalue weighted by Crippen LogP contribution is -2.35. The Labute approximate surface area is 107 Å². The van der Waals surface area contributed by atoms with Gasteiger partial charge in [-0.2, -0.15) is 0 Å². The summed E-state index contributed by atoms with van der Waals surface area (Å²) in [5, 5.41) is 23.3. The Morgan fingerprint density at radius 1 is 1.50 bits per heavy atom. The first-order valence-corrected chi connectivity index (χ1v) is 6.06. The molecule has 0 aliphatic carbocycles. The van der Waals surface area contributed by atoms with E-state index in [1.165, 1.54) is 6.07 Å². The van der Waals surface area contributed by atoms with Gasteiger partial charge in [-0.25, -0.2) is 0 Å². The Kier molecular flexibility index (Phi) is 4.67. The van der Waals surface area contributed by atoms with Crippen LogP contribution in [0.5, 0.6) is 0 Å². The molecular formula is C13H20N2O3. The Morgan fingerprint density at radius 2 is 2.17 bits per heavy atom. The minimum absolute atomic E-state index is 0.0526. The van der Waals surface area contributed by atoms with Crippen LogP contribution in [0.3, 0.4) is 0 Å². The van der Waals surface area contributed by atoms with Crippen molar-refractivity contribution >= 4 is 11.4 Å². The molecule has 1 unspecified atom stereocenters. The second-order valence-corrected chi connectivity index (χ2v) is 4.74. The fourth-order valence-corrected chi connectivity index (χ4v) is 1.84. The van der Waals surface area contributed by atoms with Crippen molar-refractivity contribution in [2.45, 2.75) is 39.2 Å². The summed E-state index contributed by atoms with van der Waals surface area (Å²) in [6, 6.07) is 5.00. The first-order valence-electron chi connectivity index (χ1n) is 6.06. The van der Waals surface area contributed by atoms with E-state index in [1.807, 2.05) is 26.8 Å². The number of aliphatic hydroxyl groups excluding tert-OH is 1. The summed E-state index contributed by atoms with van der Waals surface area (Å²) in [5.41, 5.74) is 1.11. The molecule has 0 spiro atoms. The van der Waals surface area contributed by atoms with Gasteiger partial charge in [-0.15, -0.1) is 0 Å². The second kappa shape index (κ2) is 5.82. The number of nitro benzene ring substituents is 1. The van der Waals surface area contributed by atoms with Crippen LogP contribution in [0.4, 0.5) is 11.4 Å². The van der Waals surface area contributed by atoms with Gasteiger partial charge in [0.25, 0.3) is 5.69 Å². The molecule has 1 aromatic carbocycles. The van der Waals surface area contributed by atoms with Gasteiger partial charge in [-0.05, 0) is 32.3 Å². The van der Waals surface area contributed by atoms with Crippen LogP contribution in [0.25, 0.3) is 0 Å². The van der Waals surface area contributed by atoms with E-state index < -0.39 is 0 Å². The van der Waals surface area contributed by atoms with Crippen molar-refractivity contribution in [2.24, 2.45) is 0 Å². The maximum atomic E-state index is 11.0. The standard InChI is InChI=1S/C13H20N2O3/c1-4-13(3,8-9-16)14-12-10(2)6-5-7-11(12)15(17)18/h5-7,14,16H,4,8-9H2,1-3H3. The lowest BCUT2D eigenvalue weighted by Gasteiger charge is -2.30. The van der Waals surface area contributed by atoms with Gasteiger partial charge >= 0.3 is 0 Å². The molecular weight excluding hydrogens is 232 g/mol. The average Bonchev–Trinajstić information content (AvgIpc) is 2.32. The number of nitro groups is 1. The molecule has 5 nitrogen and oxygen atoms in total. The van der Waals surface area contributed by atoms with Crippen LogP contribution in [0.1, 0.15) is 32.3 Å². The zero-order chi connectivity index (χ0) is 13.8. The highest BCUT2D eigenvalue weighted by molar-refractivity contribution is 5.67. The molecule has 1 rings (SSSR count). The summed E-state index contributed by atoms with van der Waals surface area (Å²) in [7, 11) is 0. The monoisotopic (exact) mass is 252 g/mol. The van der Waals surface area contributed by atoms with Crippen molar-refractivity contribution in [3.05, 3.63) is 33.9 Å². The van der Waals surface area contributed by atoms with Gasteiger partial charge in [0, 0.05) is 18.2 Å². The molecule has 0 saturated heterocycles.